The molecule has 0 saturated heterocycles. The van der Waals surface area contributed by atoms with Crippen molar-refractivity contribution in [1.29, 1.82) is 0 Å². The number of halogens is 1. The van der Waals surface area contributed by atoms with Gasteiger partial charge < -0.3 is 4.42 Å². The van der Waals surface area contributed by atoms with Gasteiger partial charge in [0.25, 0.3) is 0 Å². The molecule has 0 fully saturated rings. The third-order valence-electron chi connectivity index (χ3n) is 4.23. The molecule has 0 spiro atoms. The number of aldehydes is 1. The molecule has 2 nitrogen and oxygen atoms in total. The van der Waals surface area contributed by atoms with Crippen LogP contribution in [0, 0.1) is 5.82 Å². The van der Waals surface area contributed by atoms with Gasteiger partial charge in [-0.3, -0.25) is 4.79 Å². The summed E-state index contributed by atoms with van der Waals surface area (Å²) >= 11 is 0. The van der Waals surface area contributed by atoms with E-state index in [1.807, 2.05) is 42.5 Å². The highest BCUT2D eigenvalue weighted by atomic mass is 19.1. The third kappa shape index (κ3) is 3.09. The van der Waals surface area contributed by atoms with Crippen molar-refractivity contribution >= 4 is 17.3 Å². The summed E-state index contributed by atoms with van der Waals surface area (Å²) in [6.45, 7) is 0. The van der Waals surface area contributed by atoms with Crippen LogP contribution in [-0.2, 0) is 6.42 Å². The van der Waals surface area contributed by atoms with Gasteiger partial charge in [-0.15, -0.1) is 0 Å². The average molecular weight is 330 g/mol. The molecule has 3 aromatic carbocycles. The summed E-state index contributed by atoms with van der Waals surface area (Å²) in [6, 6.07) is 22.2. The Morgan fingerprint density at radius 3 is 2.52 bits per heavy atom. The average Bonchev–Trinajstić information content (AvgIpc) is 3.03. The summed E-state index contributed by atoms with van der Waals surface area (Å²) < 4.78 is 20.1. The van der Waals surface area contributed by atoms with E-state index in [4.69, 9.17) is 4.42 Å². The van der Waals surface area contributed by atoms with Gasteiger partial charge in [0.1, 0.15) is 23.4 Å². The summed E-state index contributed by atoms with van der Waals surface area (Å²) in [7, 11) is 0. The van der Waals surface area contributed by atoms with Crippen molar-refractivity contribution in [1.82, 2.24) is 0 Å². The molecule has 4 aromatic rings. The van der Waals surface area contributed by atoms with Crippen molar-refractivity contribution in [2.24, 2.45) is 0 Å². The maximum atomic E-state index is 14.2. The molecule has 4 rings (SSSR count). The molecule has 0 saturated carbocycles. The lowest BCUT2D eigenvalue weighted by molar-refractivity contribution is 0.112. The second-order valence-corrected chi connectivity index (χ2v) is 5.98. The highest BCUT2D eigenvalue weighted by Gasteiger charge is 2.10. The molecule has 0 atom stereocenters. The first kappa shape index (κ1) is 15.3. The number of rotatable bonds is 4. The van der Waals surface area contributed by atoms with E-state index < -0.39 is 5.82 Å². The van der Waals surface area contributed by atoms with E-state index in [-0.39, 0.29) is 0 Å². The molecular formula is C22H15FO2. The standard InChI is InChI=1S/C22H15FO2/c23-21-11-16(14-24)6-8-20(21)17-7-9-22-18(12-17)13-19(25-22)10-15-4-2-1-3-5-15/h1-9,11-14H,10H2. The van der Waals surface area contributed by atoms with Gasteiger partial charge in [-0.05, 0) is 35.4 Å². The van der Waals surface area contributed by atoms with Crippen LogP contribution in [0.4, 0.5) is 4.39 Å². The van der Waals surface area contributed by atoms with Gasteiger partial charge >= 0.3 is 0 Å². The first-order valence-corrected chi connectivity index (χ1v) is 8.04. The van der Waals surface area contributed by atoms with E-state index in [2.05, 4.69) is 12.1 Å². The Morgan fingerprint density at radius 2 is 1.76 bits per heavy atom. The Morgan fingerprint density at radius 1 is 0.920 bits per heavy atom. The third-order valence-corrected chi connectivity index (χ3v) is 4.23. The monoisotopic (exact) mass is 330 g/mol. The van der Waals surface area contributed by atoms with E-state index in [0.717, 1.165) is 22.3 Å². The van der Waals surface area contributed by atoms with Crippen LogP contribution in [0.1, 0.15) is 21.7 Å². The van der Waals surface area contributed by atoms with Gasteiger partial charge in [-0.1, -0.05) is 48.5 Å². The predicted octanol–water partition coefficient (Wildman–Crippen LogP) is 5.64. The Kier molecular flexibility index (Phi) is 3.90. The largest absolute Gasteiger partial charge is 0.461 e. The van der Waals surface area contributed by atoms with Crippen molar-refractivity contribution in [2.45, 2.75) is 6.42 Å². The quantitative estimate of drug-likeness (QED) is 0.453. The fraction of sp³-hybridized carbons (Fsp3) is 0.0455. The number of carbonyl (C=O) groups is 1. The molecule has 1 aromatic heterocycles. The van der Waals surface area contributed by atoms with Crippen LogP contribution < -0.4 is 0 Å². The van der Waals surface area contributed by atoms with Gasteiger partial charge in [0, 0.05) is 22.9 Å². The van der Waals surface area contributed by atoms with Crippen LogP contribution in [0.25, 0.3) is 22.1 Å². The minimum Gasteiger partial charge on any atom is -0.461 e. The highest BCUT2D eigenvalue weighted by molar-refractivity contribution is 5.85. The second-order valence-electron chi connectivity index (χ2n) is 5.98. The normalized spacial score (nSPS) is 10.9. The van der Waals surface area contributed by atoms with Crippen LogP contribution in [0.2, 0.25) is 0 Å². The van der Waals surface area contributed by atoms with Crippen molar-refractivity contribution in [3.05, 3.63) is 95.5 Å². The molecule has 3 heteroatoms. The Labute approximate surface area is 144 Å². The Balaban J connectivity index is 1.70. The van der Waals surface area contributed by atoms with Gasteiger partial charge in [0.15, 0.2) is 0 Å². The molecule has 25 heavy (non-hydrogen) atoms. The zero-order chi connectivity index (χ0) is 17.2. The van der Waals surface area contributed by atoms with Crippen LogP contribution in [-0.4, -0.2) is 6.29 Å². The fourth-order valence-corrected chi connectivity index (χ4v) is 2.99. The van der Waals surface area contributed by atoms with Crippen molar-refractivity contribution in [3.8, 4) is 11.1 Å². The van der Waals surface area contributed by atoms with Gasteiger partial charge in [-0.25, -0.2) is 4.39 Å². The smallest absolute Gasteiger partial charge is 0.150 e. The highest BCUT2D eigenvalue weighted by Crippen LogP contribution is 2.29. The number of fused-ring (bicyclic) bond motifs is 1. The van der Waals surface area contributed by atoms with Crippen LogP contribution in [0.3, 0.4) is 0 Å². The van der Waals surface area contributed by atoms with Crippen LogP contribution in [0.15, 0.2) is 77.2 Å². The fourth-order valence-electron chi connectivity index (χ4n) is 2.99. The zero-order valence-corrected chi connectivity index (χ0v) is 13.4. The summed E-state index contributed by atoms with van der Waals surface area (Å²) in [5.41, 5.74) is 3.51. The minimum absolute atomic E-state index is 0.329. The maximum absolute atomic E-state index is 14.2. The molecule has 0 aliphatic rings. The lowest BCUT2D eigenvalue weighted by Crippen LogP contribution is -1.87. The summed E-state index contributed by atoms with van der Waals surface area (Å²) in [6.07, 6.45) is 1.36. The lowest BCUT2D eigenvalue weighted by Gasteiger charge is -2.04. The van der Waals surface area contributed by atoms with Crippen molar-refractivity contribution < 1.29 is 13.6 Å². The summed E-state index contributed by atoms with van der Waals surface area (Å²) in [4.78, 5) is 10.8. The van der Waals surface area contributed by atoms with Gasteiger partial charge in [0.05, 0.1) is 0 Å². The minimum atomic E-state index is -0.406. The Hall–Kier alpha value is -3.20. The summed E-state index contributed by atoms with van der Waals surface area (Å²) in [5, 5.41) is 0.933. The molecule has 122 valence electrons. The topological polar surface area (TPSA) is 30.2 Å². The molecule has 0 radical (unpaired) electrons. The second kappa shape index (κ2) is 6.36. The number of hydrogen-bond acceptors (Lipinski definition) is 2. The number of hydrogen-bond donors (Lipinski definition) is 0. The molecule has 1 heterocycles. The molecule has 0 N–H and O–H groups in total. The zero-order valence-electron chi connectivity index (χ0n) is 13.4. The molecular weight excluding hydrogens is 315 g/mol. The van der Waals surface area contributed by atoms with E-state index in [1.165, 1.54) is 11.6 Å². The van der Waals surface area contributed by atoms with E-state index in [1.54, 1.807) is 12.1 Å². The van der Waals surface area contributed by atoms with Crippen LogP contribution >= 0.6 is 0 Å². The molecule has 0 aliphatic heterocycles. The molecule has 0 aliphatic carbocycles. The van der Waals surface area contributed by atoms with Crippen LogP contribution in [0.5, 0.6) is 0 Å². The van der Waals surface area contributed by atoms with E-state index in [9.17, 15) is 9.18 Å². The van der Waals surface area contributed by atoms with Gasteiger partial charge in [0.2, 0.25) is 0 Å². The molecule has 0 amide bonds. The van der Waals surface area contributed by atoms with Crippen molar-refractivity contribution in [3.63, 3.8) is 0 Å². The maximum Gasteiger partial charge on any atom is 0.150 e. The van der Waals surface area contributed by atoms with Crippen molar-refractivity contribution in [2.75, 3.05) is 0 Å². The Bertz CT molecular complexity index is 1050. The van der Waals surface area contributed by atoms with E-state index >= 15 is 0 Å². The van der Waals surface area contributed by atoms with E-state index in [0.29, 0.717) is 23.8 Å². The number of benzene rings is 3. The first-order valence-electron chi connectivity index (χ1n) is 8.04. The lowest BCUT2D eigenvalue weighted by atomic mass is 10.0. The first-order chi connectivity index (χ1) is 12.2. The SMILES string of the molecule is O=Cc1ccc(-c2ccc3oc(Cc4ccccc4)cc3c2)c(F)c1. The van der Waals surface area contributed by atoms with Gasteiger partial charge in [-0.2, -0.15) is 0 Å². The summed E-state index contributed by atoms with van der Waals surface area (Å²) in [5.74, 6) is 0.465. The number of furan rings is 1. The predicted molar refractivity (Wildman–Crippen MR) is 96.2 cm³/mol. The molecule has 0 bridgehead atoms. The molecule has 0 unspecified atom stereocenters. The number of carbonyl (C=O) groups excluding carboxylic acids is 1.